The van der Waals surface area contributed by atoms with Crippen LogP contribution in [-0.4, -0.2) is 53.8 Å². The first-order chi connectivity index (χ1) is 14.0. The average molecular weight is 432 g/mol. The number of halogens is 2. The Balaban J connectivity index is 1.37. The normalized spacial score (nSPS) is 19.4. The minimum atomic E-state index is -0.341. The van der Waals surface area contributed by atoms with Gasteiger partial charge in [0, 0.05) is 36.9 Å². The van der Waals surface area contributed by atoms with Gasteiger partial charge in [-0.05, 0) is 53.7 Å². The van der Waals surface area contributed by atoms with Crippen molar-refractivity contribution < 1.29 is 14.0 Å². The SMILES string of the molecule is O=C1SC(=Cc2ccc(F)cc2)C(=O)N1CN1CCN(c2cccc(Cl)c2)CC1. The molecule has 2 aromatic carbocycles. The van der Waals surface area contributed by atoms with Crippen LogP contribution < -0.4 is 4.90 Å². The van der Waals surface area contributed by atoms with Crippen molar-refractivity contribution in [1.82, 2.24) is 9.80 Å². The summed E-state index contributed by atoms with van der Waals surface area (Å²) in [6, 6.07) is 13.6. The Labute approximate surface area is 177 Å². The second-order valence-electron chi connectivity index (χ2n) is 6.89. The highest BCUT2D eigenvalue weighted by Crippen LogP contribution is 2.32. The van der Waals surface area contributed by atoms with Crippen molar-refractivity contribution in [1.29, 1.82) is 0 Å². The summed E-state index contributed by atoms with van der Waals surface area (Å²) in [5.74, 6) is -0.645. The number of carbonyl (C=O) groups excluding carboxylic acids is 2. The van der Waals surface area contributed by atoms with E-state index < -0.39 is 0 Å². The molecule has 2 aliphatic heterocycles. The van der Waals surface area contributed by atoms with E-state index in [1.807, 2.05) is 24.3 Å². The van der Waals surface area contributed by atoms with Gasteiger partial charge in [0.15, 0.2) is 0 Å². The van der Waals surface area contributed by atoms with Crippen LogP contribution in [-0.2, 0) is 4.79 Å². The highest BCUT2D eigenvalue weighted by atomic mass is 35.5. The topological polar surface area (TPSA) is 43.9 Å². The van der Waals surface area contributed by atoms with Gasteiger partial charge in [-0.3, -0.25) is 19.4 Å². The number of benzene rings is 2. The zero-order valence-corrected chi connectivity index (χ0v) is 17.1. The molecule has 0 radical (unpaired) electrons. The monoisotopic (exact) mass is 431 g/mol. The van der Waals surface area contributed by atoms with Gasteiger partial charge in [0.25, 0.3) is 11.1 Å². The number of carbonyl (C=O) groups is 2. The predicted molar refractivity (Wildman–Crippen MR) is 114 cm³/mol. The van der Waals surface area contributed by atoms with Gasteiger partial charge in [0.2, 0.25) is 0 Å². The van der Waals surface area contributed by atoms with Gasteiger partial charge in [-0.25, -0.2) is 4.39 Å². The molecule has 150 valence electrons. The van der Waals surface area contributed by atoms with Crippen LogP contribution in [0.5, 0.6) is 0 Å². The van der Waals surface area contributed by atoms with Crippen molar-refractivity contribution in [3.05, 3.63) is 69.8 Å². The summed E-state index contributed by atoms with van der Waals surface area (Å²) in [6.45, 7) is 3.34. The number of amides is 2. The van der Waals surface area contributed by atoms with Crippen LogP contribution in [0.3, 0.4) is 0 Å². The largest absolute Gasteiger partial charge is 0.369 e. The second-order valence-corrected chi connectivity index (χ2v) is 8.32. The summed E-state index contributed by atoms with van der Waals surface area (Å²) in [5, 5.41) is 0.427. The molecule has 0 atom stereocenters. The van der Waals surface area contributed by atoms with Gasteiger partial charge < -0.3 is 4.90 Å². The number of imide groups is 1. The standard InChI is InChI=1S/C21H19ClFN3O2S/c22-16-2-1-3-18(13-16)25-10-8-24(9-11-25)14-26-20(27)19(29-21(26)28)12-15-4-6-17(23)7-5-15/h1-7,12-13H,8-11,14H2. The van der Waals surface area contributed by atoms with E-state index in [2.05, 4.69) is 9.80 Å². The molecule has 2 fully saturated rings. The van der Waals surface area contributed by atoms with Gasteiger partial charge in [-0.15, -0.1) is 0 Å². The van der Waals surface area contributed by atoms with Gasteiger partial charge in [-0.1, -0.05) is 29.8 Å². The molecule has 0 unspecified atom stereocenters. The molecule has 2 saturated heterocycles. The van der Waals surface area contributed by atoms with Crippen molar-refractivity contribution in [3.63, 3.8) is 0 Å². The molecule has 29 heavy (non-hydrogen) atoms. The number of nitrogens with zero attached hydrogens (tertiary/aromatic N) is 3. The molecule has 5 nitrogen and oxygen atoms in total. The third-order valence-corrected chi connectivity index (χ3v) is 6.07. The van der Waals surface area contributed by atoms with E-state index in [0.29, 0.717) is 15.5 Å². The molecule has 0 bridgehead atoms. The zero-order chi connectivity index (χ0) is 20.4. The van der Waals surface area contributed by atoms with E-state index >= 15 is 0 Å². The van der Waals surface area contributed by atoms with Gasteiger partial charge in [-0.2, -0.15) is 0 Å². The number of thioether (sulfide) groups is 1. The summed E-state index contributed by atoms with van der Waals surface area (Å²) in [7, 11) is 0. The number of rotatable bonds is 4. The van der Waals surface area contributed by atoms with E-state index in [1.54, 1.807) is 18.2 Å². The average Bonchev–Trinajstić information content (AvgIpc) is 2.98. The lowest BCUT2D eigenvalue weighted by molar-refractivity contribution is -0.124. The fourth-order valence-corrected chi connectivity index (χ4v) is 4.37. The van der Waals surface area contributed by atoms with Crippen LogP contribution in [0.15, 0.2) is 53.4 Å². The van der Waals surface area contributed by atoms with Crippen molar-refractivity contribution >= 4 is 46.3 Å². The van der Waals surface area contributed by atoms with Crippen LogP contribution in [0, 0.1) is 5.82 Å². The highest BCUT2D eigenvalue weighted by Gasteiger charge is 2.36. The Kier molecular flexibility index (Phi) is 5.89. The molecule has 2 aromatic rings. The van der Waals surface area contributed by atoms with E-state index in [4.69, 9.17) is 11.6 Å². The zero-order valence-electron chi connectivity index (χ0n) is 15.6. The molecule has 0 N–H and O–H groups in total. The second kappa shape index (κ2) is 8.57. The van der Waals surface area contributed by atoms with E-state index in [1.165, 1.54) is 17.0 Å². The van der Waals surface area contributed by atoms with Gasteiger partial charge in [0.05, 0.1) is 11.6 Å². The van der Waals surface area contributed by atoms with E-state index in [0.717, 1.165) is 43.6 Å². The fourth-order valence-electron chi connectivity index (χ4n) is 3.35. The Morgan fingerprint density at radius 1 is 1.03 bits per heavy atom. The molecule has 8 heteroatoms. The molecule has 0 aliphatic carbocycles. The molecular weight excluding hydrogens is 413 g/mol. The lowest BCUT2D eigenvalue weighted by Crippen LogP contribution is -2.50. The summed E-state index contributed by atoms with van der Waals surface area (Å²) < 4.78 is 13.0. The third-order valence-electron chi connectivity index (χ3n) is 4.93. The predicted octanol–water partition coefficient (Wildman–Crippen LogP) is 4.30. The molecule has 0 saturated carbocycles. The molecule has 0 spiro atoms. The Morgan fingerprint density at radius 3 is 2.45 bits per heavy atom. The van der Waals surface area contributed by atoms with Crippen molar-refractivity contribution in [2.24, 2.45) is 0 Å². The molecular formula is C21H19ClFN3O2S. The molecule has 2 amide bonds. The number of hydrogen-bond acceptors (Lipinski definition) is 5. The maximum atomic E-state index is 13.0. The lowest BCUT2D eigenvalue weighted by Gasteiger charge is -2.37. The smallest absolute Gasteiger partial charge is 0.294 e. The van der Waals surface area contributed by atoms with Crippen molar-refractivity contribution in [2.45, 2.75) is 0 Å². The highest BCUT2D eigenvalue weighted by molar-refractivity contribution is 8.18. The van der Waals surface area contributed by atoms with E-state index in [9.17, 15) is 14.0 Å². The quantitative estimate of drug-likeness (QED) is 0.675. The molecule has 2 heterocycles. The number of hydrogen-bond donors (Lipinski definition) is 0. The van der Waals surface area contributed by atoms with Crippen molar-refractivity contribution in [2.75, 3.05) is 37.7 Å². The lowest BCUT2D eigenvalue weighted by atomic mass is 10.2. The van der Waals surface area contributed by atoms with Crippen LogP contribution in [0.1, 0.15) is 5.56 Å². The first kappa shape index (κ1) is 19.9. The fraction of sp³-hybridized carbons (Fsp3) is 0.238. The van der Waals surface area contributed by atoms with Gasteiger partial charge in [0.1, 0.15) is 5.82 Å². The first-order valence-electron chi connectivity index (χ1n) is 9.23. The minimum absolute atomic E-state index is 0.273. The summed E-state index contributed by atoms with van der Waals surface area (Å²) in [6.07, 6.45) is 1.63. The summed E-state index contributed by atoms with van der Waals surface area (Å²) >= 11 is 6.99. The summed E-state index contributed by atoms with van der Waals surface area (Å²) in [5.41, 5.74) is 1.76. The van der Waals surface area contributed by atoms with Crippen molar-refractivity contribution in [3.8, 4) is 0 Å². The first-order valence-corrected chi connectivity index (χ1v) is 10.4. The van der Waals surface area contributed by atoms with Crippen LogP contribution in [0.2, 0.25) is 5.02 Å². The molecule has 2 aliphatic rings. The van der Waals surface area contributed by atoms with Gasteiger partial charge >= 0.3 is 0 Å². The maximum absolute atomic E-state index is 13.0. The third kappa shape index (κ3) is 4.63. The molecule has 0 aromatic heterocycles. The Hall–Kier alpha value is -2.35. The Morgan fingerprint density at radius 2 is 1.76 bits per heavy atom. The van der Waals surface area contributed by atoms with Crippen LogP contribution in [0.25, 0.3) is 6.08 Å². The summed E-state index contributed by atoms with van der Waals surface area (Å²) in [4.78, 5) is 31.0. The number of piperazine rings is 1. The molecule has 4 rings (SSSR count). The maximum Gasteiger partial charge on any atom is 0.294 e. The van der Waals surface area contributed by atoms with Crippen LogP contribution in [0.4, 0.5) is 14.9 Å². The van der Waals surface area contributed by atoms with Crippen LogP contribution >= 0.6 is 23.4 Å². The number of anilines is 1. The minimum Gasteiger partial charge on any atom is -0.369 e. The Bertz CT molecular complexity index is 959. The van der Waals surface area contributed by atoms with E-state index in [-0.39, 0.29) is 23.6 Å².